The van der Waals surface area contributed by atoms with Gasteiger partial charge in [-0.05, 0) is 24.8 Å². The molecule has 8 heteroatoms. The summed E-state index contributed by atoms with van der Waals surface area (Å²) in [7, 11) is 1.80. The van der Waals surface area contributed by atoms with Gasteiger partial charge in [0.05, 0.1) is 17.5 Å². The van der Waals surface area contributed by atoms with E-state index in [1.807, 2.05) is 35.2 Å². The van der Waals surface area contributed by atoms with E-state index < -0.39 is 0 Å². The van der Waals surface area contributed by atoms with Crippen molar-refractivity contribution in [2.75, 3.05) is 20.1 Å². The van der Waals surface area contributed by atoms with Gasteiger partial charge in [-0.1, -0.05) is 42.4 Å². The average molecular weight is 436 g/mol. The molecule has 4 rings (SSSR count). The van der Waals surface area contributed by atoms with Crippen molar-refractivity contribution >= 4 is 11.8 Å². The van der Waals surface area contributed by atoms with Crippen molar-refractivity contribution in [1.82, 2.24) is 25.2 Å². The van der Waals surface area contributed by atoms with Crippen molar-refractivity contribution in [2.24, 2.45) is 0 Å². The first kappa shape index (κ1) is 21.8. The molecule has 1 aromatic carbocycles. The van der Waals surface area contributed by atoms with Gasteiger partial charge in [0, 0.05) is 45.1 Å². The fourth-order valence-corrected chi connectivity index (χ4v) is 4.22. The summed E-state index contributed by atoms with van der Waals surface area (Å²) in [5.74, 6) is 0.741. The maximum Gasteiger partial charge on any atom is 0.276 e. The number of hydrogen-bond acceptors (Lipinski definition) is 5. The van der Waals surface area contributed by atoms with Gasteiger partial charge in [-0.3, -0.25) is 14.7 Å². The van der Waals surface area contributed by atoms with Gasteiger partial charge < -0.3 is 14.3 Å². The molecule has 0 radical (unpaired) electrons. The van der Waals surface area contributed by atoms with Crippen LogP contribution in [0.5, 0.6) is 0 Å². The maximum atomic E-state index is 13.1. The highest BCUT2D eigenvalue weighted by molar-refractivity contribution is 5.95. The van der Waals surface area contributed by atoms with Gasteiger partial charge in [-0.25, -0.2) is 0 Å². The second-order valence-electron chi connectivity index (χ2n) is 8.34. The number of aromatic nitrogens is 3. The summed E-state index contributed by atoms with van der Waals surface area (Å²) in [6.45, 7) is 3.80. The van der Waals surface area contributed by atoms with Gasteiger partial charge in [0.25, 0.3) is 11.8 Å². The number of hydrogen-bond donors (Lipinski definition) is 1. The molecule has 0 bridgehead atoms. The minimum absolute atomic E-state index is 0.0536. The molecular weight excluding hydrogens is 406 g/mol. The van der Waals surface area contributed by atoms with Crippen LogP contribution in [-0.2, 0) is 13.0 Å². The Morgan fingerprint density at radius 2 is 1.97 bits per heavy atom. The number of H-pyrrole nitrogens is 1. The van der Waals surface area contributed by atoms with Crippen molar-refractivity contribution in [2.45, 2.75) is 45.1 Å². The normalized spacial score (nSPS) is 14.5. The minimum Gasteiger partial charge on any atom is -0.361 e. The molecule has 8 nitrogen and oxygen atoms in total. The molecule has 1 saturated heterocycles. The summed E-state index contributed by atoms with van der Waals surface area (Å²) in [5, 5.41) is 11.1. The standard InChI is InChI=1S/C24H29N5O3/c1-3-7-19-14-21(27-32-19)24(31)29-12-10-18(11-13-29)22-20(15-25-26-22)23(30)28(2)16-17-8-5-4-6-9-17/h4-6,8-9,14-15,18H,3,7,10-13,16H2,1-2H3,(H,25,26). The Morgan fingerprint density at radius 3 is 2.69 bits per heavy atom. The zero-order valence-corrected chi connectivity index (χ0v) is 18.6. The highest BCUT2D eigenvalue weighted by Gasteiger charge is 2.30. The molecule has 1 aliphatic rings. The van der Waals surface area contributed by atoms with E-state index in [0.717, 1.165) is 42.7 Å². The quantitative estimate of drug-likeness (QED) is 0.611. The Hall–Kier alpha value is -3.42. The van der Waals surface area contributed by atoms with Crippen LogP contribution in [0.3, 0.4) is 0 Å². The monoisotopic (exact) mass is 435 g/mol. The lowest BCUT2D eigenvalue weighted by atomic mass is 9.91. The molecule has 168 valence electrons. The lowest BCUT2D eigenvalue weighted by Crippen LogP contribution is -2.38. The Bertz CT molecular complexity index is 1050. The predicted octanol–water partition coefficient (Wildman–Crippen LogP) is 3.64. The lowest BCUT2D eigenvalue weighted by molar-refractivity contribution is 0.0697. The third-order valence-corrected chi connectivity index (χ3v) is 5.97. The van der Waals surface area contributed by atoms with Crippen LogP contribution in [0.4, 0.5) is 0 Å². The molecule has 0 aliphatic carbocycles. The Labute approximate surface area is 187 Å². The number of amides is 2. The van der Waals surface area contributed by atoms with Gasteiger partial charge in [-0.2, -0.15) is 5.10 Å². The fraction of sp³-hybridized carbons (Fsp3) is 0.417. The van der Waals surface area contributed by atoms with E-state index in [4.69, 9.17) is 4.52 Å². The van der Waals surface area contributed by atoms with Gasteiger partial charge in [0.15, 0.2) is 5.69 Å². The highest BCUT2D eigenvalue weighted by Crippen LogP contribution is 2.30. The molecule has 3 heterocycles. The first-order valence-corrected chi connectivity index (χ1v) is 11.1. The fourth-order valence-electron chi connectivity index (χ4n) is 4.22. The summed E-state index contributed by atoms with van der Waals surface area (Å²) in [5.41, 5.74) is 2.91. The summed E-state index contributed by atoms with van der Waals surface area (Å²) < 4.78 is 5.25. The van der Waals surface area contributed by atoms with Crippen molar-refractivity contribution in [3.8, 4) is 0 Å². The van der Waals surface area contributed by atoms with Crippen LogP contribution in [0.1, 0.15) is 70.0 Å². The number of nitrogens with one attached hydrogen (secondary N) is 1. The van der Waals surface area contributed by atoms with Crippen LogP contribution in [0.15, 0.2) is 47.1 Å². The highest BCUT2D eigenvalue weighted by atomic mass is 16.5. The van der Waals surface area contributed by atoms with Crippen molar-refractivity contribution < 1.29 is 14.1 Å². The molecular formula is C24H29N5O3. The number of rotatable bonds is 7. The molecule has 0 saturated carbocycles. The molecule has 0 spiro atoms. The van der Waals surface area contributed by atoms with E-state index in [1.54, 1.807) is 24.2 Å². The van der Waals surface area contributed by atoms with E-state index in [1.165, 1.54) is 0 Å². The van der Waals surface area contributed by atoms with Crippen LogP contribution < -0.4 is 0 Å². The summed E-state index contributed by atoms with van der Waals surface area (Å²) in [6.07, 6.45) is 4.85. The number of carbonyl (C=O) groups excluding carboxylic acids is 2. The summed E-state index contributed by atoms with van der Waals surface area (Å²) >= 11 is 0. The molecule has 1 fully saturated rings. The minimum atomic E-state index is -0.0990. The van der Waals surface area contributed by atoms with E-state index >= 15 is 0 Å². The number of benzene rings is 1. The maximum absolute atomic E-state index is 13.1. The summed E-state index contributed by atoms with van der Waals surface area (Å²) in [6, 6.07) is 11.7. The number of nitrogens with zero attached hydrogens (tertiary/aromatic N) is 4. The summed E-state index contributed by atoms with van der Waals surface area (Å²) in [4.78, 5) is 29.4. The Kier molecular flexibility index (Phi) is 6.68. The Balaban J connectivity index is 1.37. The van der Waals surface area contributed by atoms with E-state index in [-0.39, 0.29) is 17.7 Å². The van der Waals surface area contributed by atoms with Crippen LogP contribution in [0, 0.1) is 0 Å². The number of aryl methyl sites for hydroxylation is 1. The number of carbonyl (C=O) groups is 2. The van der Waals surface area contributed by atoms with Crippen LogP contribution >= 0.6 is 0 Å². The smallest absolute Gasteiger partial charge is 0.276 e. The van der Waals surface area contributed by atoms with Crippen LogP contribution in [0.25, 0.3) is 0 Å². The first-order valence-electron chi connectivity index (χ1n) is 11.1. The zero-order chi connectivity index (χ0) is 22.5. The SMILES string of the molecule is CCCc1cc(C(=O)N2CCC(c3[nH]ncc3C(=O)N(C)Cc3ccccc3)CC2)no1. The Morgan fingerprint density at radius 1 is 1.22 bits per heavy atom. The van der Waals surface area contributed by atoms with E-state index in [2.05, 4.69) is 22.3 Å². The first-order chi connectivity index (χ1) is 15.6. The van der Waals surface area contributed by atoms with Crippen molar-refractivity contribution in [3.63, 3.8) is 0 Å². The molecule has 1 aliphatic heterocycles. The molecule has 32 heavy (non-hydrogen) atoms. The number of likely N-dealkylation sites (tertiary alicyclic amines) is 1. The number of piperidine rings is 1. The van der Waals surface area contributed by atoms with Gasteiger partial charge in [-0.15, -0.1) is 0 Å². The molecule has 2 aromatic heterocycles. The van der Waals surface area contributed by atoms with Crippen molar-refractivity contribution in [1.29, 1.82) is 0 Å². The van der Waals surface area contributed by atoms with Crippen molar-refractivity contribution in [3.05, 3.63) is 70.9 Å². The largest absolute Gasteiger partial charge is 0.361 e. The average Bonchev–Trinajstić information content (AvgIpc) is 3.49. The van der Waals surface area contributed by atoms with Gasteiger partial charge in [0.2, 0.25) is 0 Å². The lowest BCUT2D eigenvalue weighted by Gasteiger charge is -2.31. The van der Waals surface area contributed by atoms with E-state index in [9.17, 15) is 9.59 Å². The topological polar surface area (TPSA) is 95.3 Å². The van der Waals surface area contributed by atoms with Crippen LogP contribution in [0.2, 0.25) is 0 Å². The molecule has 0 atom stereocenters. The number of aromatic amines is 1. The van der Waals surface area contributed by atoms with Crippen LogP contribution in [-0.4, -0.2) is 57.1 Å². The third-order valence-electron chi connectivity index (χ3n) is 5.97. The molecule has 0 unspecified atom stereocenters. The second-order valence-corrected chi connectivity index (χ2v) is 8.34. The molecule has 1 N–H and O–H groups in total. The van der Waals surface area contributed by atoms with Gasteiger partial charge in [0.1, 0.15) is 5.76 Å². The predicted molar refractivity (Wildman–Crippen MR) is 119 cm³/mol. The third kappa shape index (κ3) is 4.74. The second kappa shape index (κ2) is 9.80. The molecule has 3 aromatic rings. The van der Waals surface area contributed by atoms with E-state index in [0.29, 0.717) is 30.9 Å². The van der Waals surface area contributed by atoms with Gasteiger partial charge >= 0.3 is 0 Å². The molecule has 2 amide bonds. The zero-order valence-electron chi connectivity index (χ0n) is 18.6.